The molecule has 2 unspecified atom stereocenters. The minimum Gasteiger partial charge on any atom is -0.326 e. The van der Waals surface area contributed by atoms with Crippen molar-refractivity contribution in [1.82, 2.24) is 4.90 Å². The first-order valence-corrected chi connectivity index (χ1v) is 10.3. The molecule has 0 aromatic heterocycles. The van der Waals surface area contributed by atoms with E-state index < -0.39 is 6.04 Å². The maximum Gasteiger partial charge on any atom is 0.223 e. The van der Waals surface area contributed by atoms with E-state index in [2.05, 4.69) is 6.08 Å². The lowest BCUT2D eigenvalue weighted by Crippen LogP contribution is -2.50. The molecule has 1 heterocycles. The second-order valence-corrected chi connectivity index (χ2v) is 8.17. The predicted molar refractivity (Wildman–Crippen MR) is 110 cm³/mol. The number of aldehydes is 2. The summed E-state index contributed by atoms with van der Waals surface area (Å²) in [4.78, 5) is 37.3. The predicted octanol–water partition coefficient (Wildman–Crippen LogP) is 4.87. The van der Waals surface area contributed by atoms with Crippen molar-refractivity contribution in [1.29, 1.82) is 0 Å². The monoisotopic (exact) mass is 419 g/mol. The summed E-state index contributed by atoms with van der Waals surface area (Å²) in [6, 6.07) is 6.54. The average Bonchev–Trinajstić information content (AvgIpc) is 2.70. The molecule has 6 heteroatoms. The molecular weight excluding hydrogens is 397 g/mol. The molecule has 0 saturated carbocycles. The van der Waals surface area contributed by atoms with Crippen molar-refractivity contribution in [3.8, 4) is 0 Å². The van der Waals surface area contributed by atoms with Crippen LogP contribution in [-0.2, 0) is 14.4 Å². The standard InChI is InChI=1S/C22H23Cl2NO3/c23-17-8-6-15(7-9-17)22-20(16-3-1-4-18(24)13-16)10-11-21(28)25(22)19(14-27)5-2-12-26/h1,4,6-9,12-14,16,19-20,22H,2-3,5,10-11H2/t16?,19?,20-,22-/m1/s1. The SMILES string of the molecule is O=CCCC(C=O)N1C(=O)CC[C@H](C2C=C(Cl)C=CC2)[C@H]1c1ccc(Cl)cc1. The largest absolute Gasteiger partial charge is 0.326 e. The van der Waals surface area contributed by atoms with Gasteiger partial charge < -0.3 is 14.5 Å². The van der Waals surface area contributed by atoms with Gasteiger partial charge in [-0.3, -0.25) is 4.79 Å². The molecule has 28 heavy (non-hydrogen) atoms. The number of nitrogens with zero attached hydrogens (tertiary/aromatic N) is 1. The summed E-state index contributed by atoms with van der Waals surface area (Å²) in [5.41, 5.74) is 0.944. The summed E-state index contributed by atoms with van der Waals surface area (Å²) >= 11 is 12.3. The Labute approximate surface area is 175 Å². The second kappa shape index (κ2) is 9.53. The fraction of sp³-hybridized carbons (Fsp3) is 0.409. The summed E-state index contributed by atoms with van der Waals surface area (Å²) in [5, 5.41) is 1.31. The highest BCUT2D eigenvalue weighted by molar-refractivity contribution is 6.31. The van der Waals surface area contributed by atoms with Crippen molar-refractivity contribution in [3.05, 3.63) is 58.1 Å². The second-order valence-electron chi connectivity index (χ2n) is 7.30. The highest BCUT2D eigenvalue weighted by atomic mass is 35.5. The first-order valence-electron chi connectivity index (χ1n) is 9.54. The fourth-order valence-electron chi connectivity index (χ4n) is 4.32. The van der Waals surface area contributed by atoms with Crippen molar-refractivity contribution in [2.75, 3.05) is 0 Å². The molecule has 1 aliphatic heterocycles. The molecule has 1 aromatic rings. The molecule has 4 nitrogen and oxygen atoms in total. The van der Waals surface area contributed by atoms with E-state index in [-0.39, 0.29) is 30.2 Å². The van der Waals surface area contributed by atoms with Crippen molar-refractivity contribution in [2.45, 2.75) is 44.2 Å². The summed E-state index contributed by atoms with van der Waals surface area (Å²) in [5.74, 6) is 0.240. The Bertz CT molecular complexity index is 787. The lowest BCUT2D eigenvalue weighted by Gasteiger charge is -2.46. The molecule has 1 amide bonds. The van der Waals surface area contributed by atoms with Crippen molar-refractivity contribution in [3.63, 3.8) is 0 Å². The smallest absolute Gasteiger partial charge is 0.223 e. The summed E-state index contributed by atoms with van der Waals surface area (Å²) in [6.07, 6.45) is 10.1. The van der Waals surface area contributed by atoms with Crippen LogP contribution < -0.4 is 0 Å². The van der Waals surface area contributed by atoms with Crippen LogP contribution in [0.25, 0.3) is 0 Å². The van der Waals surface area contributed by atoms with E-state index in [0.29, 0.717) is 22.9 Å². The van der Waals surface area contributed by atoms with Gasteiger partial charge in [-0.05, 0) is 54.9 Å². The molecule has 0 spiro atoms. The summed E-state index contributed by atoms with van der Waals surface area (Å²) < 4.78 is 0. The molecule has 1 saturated heterocycles. The Morgan fingerprint density at radius 1 is 1.18 bits per heavy atom. The molecule has 0 radical (unpaired) electrons. The van der Waals surface area contributed by atoms with E-state index in [4.69, 9.17) is 23.2 Å². The number of carbonyl (C=O) groups is 3. The maximum atomic E-state index is 12.9. The number of benzene rings is 1. The Morgan fingerprint density at radius 3 is 2.57 bits per heavy atom. The van der Waals surface area contributed by atoms with Gasteiger partial charge in [0.05, 0.1) is 12.1 Å². The van der Waals surface area contributed by atoms with E-state index in [1.54, 1.807) is 17.0 Å². The Balaban J connectivity index is 2.02. The maximum absolute atomic E-state index is 12.9. The average molecular weight is 420 g/mol. The minimum absolute atomic E-state index is 0.0550. The zero-order valence-corrected chi connectivity index (χ0v) is 17.0. The zero-order chi connectivity index (χ0) is 20.1. The van der Waals surface area contributed by atoms with Gasteiger partial charge in [0, 0.05) is 22.9 Å². The van der Waals surface area contributed by atoms with Gasteiger partial charge in [-0.15, -0.1) is 0 Å². The van der Waals surface area contributed by atoms with Gasteiger partial charge in [-0.25, -0.2) is 0 Å². The van der Waals surface area contributed by atoms with Gasteiger partial charge in [0.2, 0.25) is 5.91 Å². The van der Waals surface area contributed by atoms with Gasteiger partial charge in [0.1, 0.15) is 12.6 Å². The van der Waals surface area contributed by atoms with Crippen LogP contribution in [-0.4, -0.2) is 29.4 Å². The third kappa shape index (κ3) is 4.56. The summed E-state index contributed by atoms with van der Waals surface area (Å²) in [7, 11) is 0. The van der Waals surface area contributed by atoms with Crippen LogP contribution in [0, 0.1) is 11.8 Å². The van der Waals surface area contributed by atoms with E-state index in [1.807, 2.05) is 24.3 Å². The van der Waals surface area contributed by atoms with E-state index >= 15 is 0 Å². The molecule has 1 aromatic carbocycles. The van der Waals surface area contributed by atoms with E-state index in [1.165, 1.54) is 0 Å². The minimum atomic E-state index is -0.625. The molecule has 148 valence electrons. The molecule has 0 N–H and O–H groups in total. The molecule has 1 aliphatic carbocycles. The number of allylic oxidation sites excluding steroid dienone is 4. The van der Waals surface area contributed by atoms with Gasteiger partial charge in [0.25, 0.3) is 0 Å². The molecule has 1 fully saturated rings. The van der Waals surface area contributed by atoms with Crippen LogP contribution in [0.1, 0.15) is 43.7 Å². The molecule has 0 bridgehead atoms. The van der Waals surface area contributed by atoms with Gasteiger partial charge in [-0.1, -0.05) is 47.5 Å². The van der Waals surface area contributed by atoms with Crippen molar-refractivity contribution in [2.24, 2.45) is 11.8 Å². The first-order chi connectivity index (χ1) is 13.5. The van der Waals surface area contributed by atoms with Crippen LogP contribution >= 0.6 is 23.2 Å². The molecule has 3 rings (SSSR count). The van der Waals surface area contributed by atoms with Gasteiger partial charge in [0.15, 0.2) is 0 Å². The van der Waals surface area contributed by atoms with Crippen molar-refractivity contribution >= 4 is 41.7 Å². The number of piperidine rings is 1. The lowest BCUT2D eigenvalue weighted by atomic mass is 9.73. The first kappa shape index (κ1) is 20.8. The number of rotatable bonds is 7. The van der Waals surface area contributed by atoms with Crippen LogP contribution in [0.15, 0.2) is 47.5 Å². The Hall–Kier alpha value is -1.91. The topological polar surface area (TPSA) is 54.5 Å². The molecule has 4 atom stereocenters. The van der Waals surface area contributed by atoms with Gasteiger partial charge >= 0.3 is 0 Å². The molecule has 2 aliphatic rings. The fourth-order valence-corrected chi connectivity index (χ4v) is 4.70. The number of carbonyl (C=O) groups excluding carboxylic acids is 3. The van der Waals surface area contributed by atoms with Crippen molar-refractivity contribution < 1.29 is 14.4 Å². The number of likely N-dealkylation sites (tertiary alicyclic amines) is 1. The number of hydrogen-bond acceptors (Lipinski definition) is 3. The zero-order valence-electron chi connectivity index (χ0n) is 15.5. The number of hydrogen-bond donors (Lipinski definition) is 0. The Kier molecular flexibility index (Phi) is 7.08. The van der Waals surface area contributed by atoms with Gasteiger partial charge in [-0.2, -0.15) is 0 Å². The third-order valence-electron chi connectivity index (χ3n) is 5.60. The van der Waals surface area contributed by atoms with E-state index in [9.17, 15) is 14.4 Å². The highest BCUT2D eigenvalue weighted by Gasteiger charge is 2.42. The van der Waals surface area contributed by atoms with Crippen LogP contribution in [0.5, 0.6) is 0 Å². The highest BCUT2D eigenvalue weighted by Crippen LogP contribution is 2.45. The molecular formula is C22H23Cl2NO3. The van der Waals surface area contributed by atoms with Crippen LogP contribution in [0.4, 0.5) is 0 Å². The quantitative estimate of drug-likeness (QED) is 0.592. The summed E-state index contributed by atoms with van der Waals surface area (Å²) in [6.45, 7) is 0. The van der Waals surface area contributed by atoms with Crippen LogP contribution in [0.2, 0.25) is 5.02 Å². The normalized spacial score (nSPS) is 25.9. The van der Waals surface area contributed by atoms with E-state index in [0.717, 1.165) is 31.0 Å². The number of amides is 1. The Morgan fingerprint density at radius 2 is 1.93 bits per heavy atom. The lowest BCUT2D eigenvalue weighted by molar-refractivity contribution is -0.146. The third-order valence-corrected chi connectivity index (χ3v) is 6.10. The van der Waals surface area contributed by atoms with Crippen LogP contribution in [0.3, 0.4) is 0 Å². The number of halogens is 2.